The molecule has 9 atom stereocenters. The molecule has 0 aliphatic carbocycles. The molecule has 2 saturated heterocycles. The third-order valence-electron chi connectivity index (χ3n) is 4.84. The van der Waals surface area contributed by atoms with Crippen molar-refractivity contribution >= 4 is 11.9 Å². The molecule has 14 heteroatoms. The fraction of sp³-hybridized carbons (Fsp3) is 0.875. The minimum Gasteiger partial charge on any atom is -0.481 e. The van der Waals surface area contributed by atoms with Gasteiger partial charge >= 0.3 is 11.9 Å². The van der Waals surface area contributed by atoms with Crippen molar-refractivity contribution in [1.82, 2.24) is 0 Å². The molecule has 0 radical (unpaired) electrons. The minimum atomic E-state index is -2.39. The number of ether oxygens (including phenoxy) is 4. The Morgan fingerprint density at radius 3 is 2.03 bits per heavy atom. The number of carbonyl (C=O) groups excluding carboxylic acids is 1. The van der Waals surface area contributed by atoms with Gasteiger partial charge in [-0.05, 0) is 0 Å². The summed E-state index contributed by atoms with van der Waals surface area (Å²) in [4.78, 5) is 22.6. The number of hydrogen-bond donors (Lipinski definition) is 8. The Balaban J connectivity index is 2.24. The molecular formula is C16H26O14. The van der Waals surface area contributed by atoms with E-state index in [0.717, 1.165) is 0 Å². The van der Waals surface area contributed by atoms with Crippen LogP contribution in [0.5, 0.6) is 0 Å². The Kier molecular flexibility index (Phi) is 8.46. The first-order chi connectivity index (χ1) is 14.1. The number of hydrogen-bond acceptors (Lipinski definition) is 13. The maximum absolute atomic E-state index is 12.0. The molecule has 0 aromatic rings. The molecule has 2 aliphatic rings. The number of carboxylic acid groups (broad SMARTS) is 1. The van der Waals surface area contributed by atoms with E-state index in [2.05, 4.69) is 0 Å². The largest absolute Gasteiger partial charge is 0.481 e. The van der Waals surface area contributed by atoms with E-state index in [-0.39, 0.29) is 0 Å². The van der Waals surface area contributed by atoms with Crippen LogP contribution in [0.4, 0.5) is 0 Å². The van der Waals surface area contributed by atoms with Gasteiger partial charge in [-0.1, -0.05) is 0 Å². The van der Waals surface area contributed by atoms with Gasteiger partial charge in [0.2, 0.25) is 5.79 Å². The van der Waals surface area contributed by atoms with E-state index in [9.17, 15) is 45.3 Å². The third kappa shape index (κ3) is 5.05. The first-order valence-electron chi connectivity index (χ1n) is 9.07. The zero-order valence-corrected chi connectivity index (χ0v) is 15.7. The summed E-state index contributed by atoms with van der Waals surface area (Å²) in [6.45, 7) is -2.65. The number of aliphatic hydroxyl groups is 7. The van der Waals surface area contributed by atoms with E-state index in [4.69, 9.17) is 24.1 Å². The normalized spacial score (nSPS) is 41.6. The van der Waals surface area contributed by atoms with E-state index < -0.39 is 99.4 Å². The molecule has 14 nitrogen and oxygen atoms in total. The molecule has 2 rings (SSSR count). The fourth-order valence-corrected chi connectivity index (χ4v) is 3.18. The smallest absolute Gasteiger partial charge is 0.306 e. The molecule has 0 aromatic heterocycles. The van der Waals surface area contributed by atoms with Gasteiger partial charge in [-0.2, -0.15) is 0 Å². The monoisotopic (exact) mass is 442 g/mol. The summed E-state index contributed by atoms with van der Waals surface area (Å²) in [6.07, 6.45) is -14.7. The van der Waals surface area contributed by atoms with Crippen LogP contribution in [0.2, 0.25) is 0 Å². The number of aliphatic carboxylic acids is 1. The molecule has 0 amide bonds. The molecule has 2 fully saturated rings. The predicted molar refractivity (Wildman–Crippen MR) is 89.4 cm³/mol. The molecule has 0 spiro atoms. The number of esters is 1. The second kappa shape index (κ2) is 10.2. The van der Waals surface area contributed by atoms with Gasteiger partial charge < -0.3 is 59.8 Å². The highest BCUT2D eigenvalue weighted by molar-refractivity contribution is 5.76. The van der Waals surface area contributed by atoms with Crippen LogP contribution in [-0.4, -0.2) is 127 Å². The third-order valence-corrected chi connectivity index (χ3v) is 4.84. The van der Waals surface area contributed by atoms with Crippen molar-refractivity contribution < 1.29 is 69.4 Å². The van der Waals surface area contributed by atoms with Crippen LogP contribution in [0.15, 0.2) is 0 Å². The average molecular weight is 442 g/mol. The number of carboxylic acids is 1. The van der Waals surface area contributed by atoms with Gasteiger partial charge in [0.25, 0.3) is 0 Å². The average Bonchev–Trinajstić information content (AvgIpc) is 2.98. The minimum absolute atomic E-state index is 0.578. The van der Waals surface area contributed by atoms with Gasteiger partial charge in [-0.15, -0.1) is 0 Å². The van der Waals surface area contributed by atoms with Crippen molar-refractivity contribution in [2.24, 2.45) is 0 Å². The molecule has 2 heterocycles. The first kappa shape index (κ1) is 24.8. The van der Waals surface area contributed by atoms with Crippen LogP contribution >= 0.6 is 0 Å². The number of rotatable bonds is 9. The molecule has 0 unspecified atom stereocenters. The highest BCUT2D eigenvalue weighted by Gasteiger charge is 2.60. The van der Waals surface area contributed by atoms with Gasteiger partial charge in [0, 0.05) is 0 Å². The van der Waals surface area contributed by atoms with Crippen molar-refractivity contribution in [2.75, 3.05) is 19.8 Å². The molecule has 0 bridgehead atoms. The van der Waals surface area contributed by atoms with Crippen LogP contribution in [0.25, 0.3) is 0 Å². The molecule has 8 N–H and O–H groups in total. The van der Waals surface area contributed by atoms with E-state index in [1.165, 1.54) is 0 Å². The molecule has 0 aromatic carbocycles. The summed E-state index contributed by atoms with van der Waals surface area (Å²) in [6, 6.07) is 0. The molecule has 30 heavy (non-hydrogen) atoms. The van der Waals surface area contributed by atoms with Crippen LogP contribution in [0.1, 0.15) is 12.8 Å². The lowest BCUT2D eigenvalue weighted by molar-refractivity contribution is -0.383. The van der Waals surface area contributed by atoms with Crippen molar-refractivity contribution in [3.63, 3.8) is 0 Å². The second-order valence-corrected chi connectivity index (χ2v) is 6.92. The van der Waals surface area contributed by atoms with Gasteiger partial charge in [-0.3, -0.25) is 9.59 Å². The summed E-state index contributed by atoms with van der Waals surface area (Å²) >= 11 is 0. The lowest BCUT2D eigenvalue weighted by Gasteiger charge is -2.43. The summed E-state index contributed by atoms with van der Waals surface area (Å²) in [5.74, 6) is -4.76. The molecule has 174 valence electrons. The first-order valence-corrected chi connectivity index (χ1v) is 9.07. The van der Waals surface area contributed by atoms with E-state index in [1.54, 1.807) is 0 Å². The van der Waals surface area contributed by atoms with Crippen LogP contribution < -0.4 is 0 Å². The van der Waals surface area contributed by atoms with E-state index in [1.807, 2.05) is 0 Å². The van der Waals surface area contributed by atoms with Gasteiger partial charge in [0.15, 0.2) is 12.4 Å². The predicted octanol–water partition coefficient (Wildman–Crippen LogP) is -4.98. The molecule has 2 aliphatic heterocycles. The topological polar surface area (TPSA) is 233 Å². The van der Waals surface area contributed by atoms with Crippen molar-refractivity contribution in [3.05, 3.63) is 0 Å². The van der Waals surface area contributed by atoms with Crippen molar-refractivity contribution in [3.8, 4) is 0 Å². The van der Waals surface area contributed by atoms with E-state index in [0.29, 0.717) is 0 Å². The Hall–Kier alpha value is -1.46. The number of aliphatic hydroxyl groups excluding tert-OH is 7. The summed E-state index contributed by atoms with van der Waals surface area (Å²) in [5.41, 5.74) is 0. The molecular weight excluding hydrogens is 416 g/mol. The zero-order valence-electron chi connectivity index (χ0n) is 15.7. The molecule has 0 saturated carbocycles. The fourth-order valence-electron chi connectivity index (χ4n) is 3.18. The quantitative estimate of drug-likeness (QED) is 0.156. The lowest BCUT2D eigenvalue weighted by atomic mass is 9.99. The van der Waals surface area contributed by atoms with Crippen molar-refractivity contribution in [1.29, 1.82) is 0 Å². The lowest BCUT2D eigenvalue weighted by Crippen LogP contribution is -2.63. The van der Waals surface area contributed by atoms with Gasteiger partial charge in [-0.25, -0.2) is 0 Å². The summed E-state index contributed by atoms with van der Waals surface area (Å²) < 4.78 is 20.9. The van der Waals surface area contributed by atoms with Gasteiger partial charge in [0.05, 0.1) is 26.1 Å². The maximum Gasteiger partial charge on any atom is 0.306 e. The summed E-state index contributed by atoms with van der Waals surface area (Å²) in [5, 5.41) is 77.3. The van der Waals surface area contributed by atoms with Gasteiger partial charge in [0.1, 0.15) is 43.2 Å². The summed E-state index contributed by atoms with van der Waals surface area (Å²) in [7, 11) is 0. The Labute approximate surface area is 169 Å². The van der Waals surface area contributed by atoms with Crippen LogP contribution in [-0.2, 0) is 28.5 Å². The van der Waals surface area contributed by atoms with Crippen LogP contribution in [0, 0.1) is 0 Å². The Morgan fingerprint density at radius 1 is 0.867 bits per heavy atom. The standard InChI is InChI=1S/C16H26O14/c17-3-6-10(23)12(25)13(26)15(27-6)30-16(5-19)14(11(24)7(4-18)29-16)28-9(22)2-1-8(20)21/h6-7,10-15,17-19,23-26H,1-5H2,(H,20,21)/t6-,7-,10-,11-,12+,13-,14+,15-,16+/m1/s1. The Bertz CT molecular complexity index is 598. The SMILES string of the molecule is O=C(O)CCC(=O)O[C@H]1[C@H](O)[C@@H](CO)O[C@@]1(CO)O[C@H]1O[C@H](CO)[C@@H](O)[C@H](O)[C@H]1O. The second-order valence-electron chi connectivity index (χ2n) is 6.92. The zero-order chi connectivity index (χ0) is 22.6. The Morgan fingerprint density at radius 2 is 1.50 bits per heavy atom. The maximum atomic E-state index is 12.0. The number of carbonyl (C=O) groups is 2. The highest BCUT2D eigenvalue weighted by Crippen LogP contribution is 2.38. The highest BCUT2D eigenvalue weighted by atomic mass is 16.8. The van der Waals surface area contributed by atoms with Crippen LogP contribution in [0.3, 0.4) is 0 Å². The van der Waals surface area contributed by atoms with Crippen molar-refractivity contribution in [2.45, 2.75) is 67.6 Å². The van der Waals surface area contributed by atoms with E-state index >= 15 is 0 Å².